The molecule has 1 aromatic carbocycles. The van der Waals surface area contributed by atoms with Gasteiger partial charge in [0.05, 0.1) is 11.7 Å². The molecule has 2 amide bonds. The van der Waals surface area contributed by atoms with Gasteiger partial charge < -0.3 is 20.1 Å². The lowest BCUT2D eigenvalue weighted by Crippen LogP contribution is -2.33. The Bertz CT molecular complexity index is 859. The van der Waals surface area contributed by atoms with Crippen LogP contribution in [0.5, 0.6) is 5.75 Å². The number of carbonyl (C=O) groups is 2. The van der Waals surface area contributed by atoms with Crippen LogP contribution in [0.2, 0.25) is 0 Å². The number of amides is 2. The Balaban J connectivity index is 1.44. The highest BCUT2D eigenvalue weighted by molar-refractivity contribution is 7.17. The molecule has 0 radical (unpaired) electrons. The van der Waals surface area contributed by atoms with E-state index in [0.29, 0.717) is 22.9 Å². The maximum atomic E-state index is 13.0. The van der Waals surface area contributed by atoms with E-state index in [0.717, 1.165) is 50.7 Å². The first-order valence-electron chi connectivity index (χ1n) is 10.2. The molecule has 0 unspecified atom stereocenters. The second kappa shape index (κ2) is 9.41. The van der Waals surface area contributed by atoms with Gasteiger partial charge >= 0.3 is 0 Å². The van der Waals surface area contributed by atoms with Crippen molar-refractivity contribution in [3.05, 3.63) is 46.3 Å². The molecule has 29 heavy (non-hydrogen) atoms. The van der Waals surface area contributed by atoms with E-state index in [-0.39, 0.29) is 24.5 Å². The zero-order valence-corrected chi connectivity index (χ0v) is 17.2. The largest absolute Gasteiger partial charge is 0.484 e. The zero-order valence-electron chi connectivity index (χ0n) is 16.4. The van der Waals surface area contributed by atoms with Crippen molar-refractivity contribution in [3.8, 4) is 5.75 Å². The highest BCUT2D eigenvalue weighted by Gasteiger charge is 2.27. The Hall–Kier alpha value is -2.38. The summed E-state index contributed by atoms with van der Waals surface area (Å²) in [6.07, 6.45) is 6.13. The predicted octanol–water partition coefficient (Wildman–Crippen LogP) is 3.55. The van der Waals surface area contributed by atoms with Crippen molar-refractivity contribution < 1.29 is 19.1 Å². The van der Waals surface area contributed by atoms with Crippen LogP contribution >= 0.6 is 11.3 Å². The van der Waals surface area contributed by atoms with Crippen LogP contribution in [0.3, 0.4) is 0 Å². The van der Waals surface area contributed by atoms with Gasteiger partial charge in [0.1, 0.15) is 10.8 Å². The van der Waals surface area contributed by atoms with Crippen molar-refractivity contribution in [2.24, 2.45) is 0 Å². The summed E-state index contributed by atoms with van der Waals surface area (Å²) in [5.41, 5.74) is 1.71. The molecule has 0 saturated carbocycles. The highest BCUT2D eigenvalue weighted by atomic mass is 32.1. The highest BCUT2D eigenvalue weighted by Crippen LogP contribution is 2.38. The molecule has 0 bridgehead atoms. The van der Waals surface area contributed by atoms with Gasteiger partial charge in [0.25, 0.3) is 11.8 Å². The number of carbonyl (C=O) groups excluding carboxylic acids is 2. The number of hydrogen-bond donors (Lipinski definition) is 2. The van der Waals surface area contributed by atoms with E-state index in [1.54, 1.807) is 12.1 Å². The predicted molar refractivity (Wildman–Crippen MR) is 113 cm³/mol. The van der Waals surface area contributed by atoms with Crippen molar-refractivity contribution in [2.75, 3.05) is 25.1 Å². The van der Waals surface area contributed by atoms with Crippen LogP contribution in [0, 0.1) is 0 Å². The van der Waals surface area contributed by atoms with E-state index >= 15 is 0 Å². The number of aryl methyl sites for hydroxylation is 1. The number of para-hydroxylation sites is 1. The third-order valence-electron chi connectivity index (χ3n) is 5.28. The number of fused-ring (bicyclic) bond motifs is 1. The van der Waals surface area contributed by atoms with Gasteiger partial charge in [0.15, 0.2) is 6.61 Å². The summed E-state index contributed by atoms with van der Waals surface area (Å²) in [4.78, 5) is 26.6. The molecule has 0 spiro atoms. The lowest BCUT2D eigenvalue weighted by Gasteiger charge is -2.15. The van der Waals surface area contributed by atoms with Crippen molar-refractivity contribution in [1.29, 1.82) is 0 Å². The van der Waals surface area contributed by atoms with Crippen molar-refractivity contribution >= 4 is 28.2 Å². The van der Waals surface area contributed by atoms with Gasteiger partial charge in [-0.3, -0.25) is 9.59 Å². The molecule has 6 nitrogen and oxygen atoms in total. The van der Waals surface area contributed by atoms with Crippen LogP contribution in [-0.4, -0.2) is 37.7 Å². The summed E-state index contributed by atoms with van der Waals surface area (Å²) >= 11 is 1.52. The molecular formula is C22H26N2O4S. The molecule has 154 valence electrons. The maximum Gasteiger partial charge on any atom is 0.262 e. The van der Waals surface area contributed by atoms with Gasteiger partial charge in [-0.2, -0.15) is 0 Å². The van der Waals surface area contributed by atoms with Gasteiger partial charge in [0, 0.05) is 18.0 Å². The first-order valence-corrected chi connectivity index (χ1v) is 11.0. The minimum absolute atomic E-state index is 0.0886. The summed E-state index contributed by atoms with van der Waals surface area (Å²) in [6, 6.07) is 9.22. The van der Waals surface area contributed by atoms with E-state index in [2.05, 4.69) is 10.6 Å². The van der Waals surface area contributed by atoms with Crippen LogP contribution in [0.15, 0.2) is 30.3 Å². The average Bonchev–Trinajstić information content (AvgIpc) is 3.38. The fraction of sp³-hybridized carbons (Fsp3) is 0.455. The number of benzene rings is 1. The fourth-order valence-corrected chi connectivity index (χ4v) is 5.13. The molecule has 2 aliphatic rings. The van der Waals surface area contributed by atoms with E-state index in [1.165, 1.54) is 16.2 Å². The Morgan fingerprint density at radius 1 is 1.14 bits per heavy atom. The molecule has 2 aromatic rings. The van der Waals surface area contributed by atoms with E-state index in [1.807, 2.05) is 18.2 Å². The van der Waals surface area contributed by atoms with Crippen LogP contribution in [-0.2, 0) is 22.4 Å². The second-order valence-corrected chi connectivity index (χ2v) is 8.52. The minimum Gasteiger partial charge on any atom is -0.484 e. The second-order valence-electron chi connectivity index (χ2n) is 7.41. The van der Waals surface area contributed by atoms with Crippen molar-refractivity contribution in [1.82, 2.24) is 5.32 Å². The van der Waals surface area contributed by atoms with Gasteiger partial charge in [-0.25, -0.2) is 0 Å². The summed E-state index contributed by atoms with van der Waals surface area (Å²) in [6.45, 7) is 1.18. The smallest absolute Gasteiger partial charge is 0.262 e. The Morgan fingerprint density at radius 3 is 2.76 bits per heavy atom. The monoisotopic (exact) mass is 414 g/mol. The molecule has 2 N–H and O–H groups in total. The fourth-order valence-electron chi connectivity index (χ4n) is 3.82. The average molecular weight is 415 g/mol. The quantitative estimate of drug-likeness (QED) is 0.726. The van der Waals surface area contributed by atoms with Gasteiger partial charge in [-0.05, 0) is 56.2 Å². The number of ether oxygens (including phenoxy) is 2. The topological polar surface area (TPSA) is 76.7 Å². The third-order valence-corrected chi connectivity index (χ3v) is 6.49. The van der Waals surface area contributed by atoms with Crippen LogP contribution in [0.25, 0.3) is 0 Å². The first-order chi connectivity index (χ1) is 14.2. The Kier molecular flexibility index (Phi) is 6.46. The van der Waals surface area contributed by atoms with Crippen molar-refractivity contribution in [3.63, 3.8) is 0 Å². The zero-order chi connectivity index (χ0) is 20.1. The van der Waals surface area contributed by atoms with E-state index in [9.17, 15) is 9.59 Å². The molecule has 2 heterocycles. The number of nitrogens with one attached hydrogen (secondary N) is 2. The van der Waals surface area contributed by atoms with Crippen molar-refractivity contribution in [2.45, 2.75) is 44.6 Å². The first kappa shape index (κ1) is 19.9. The van der Waals surface area contributed by atoms with E-state index in [4.69, 9.17) is 9.47 Å². The molecule has 1 aromatic heterocycles. The van der Waals surface area contributed by atoms with Crippen LogP contribution in [0.4, 0.5) is 5.00 Å². The van der Waals surface area contributed by atoms with E-state index < -0.39 is 0 Å². The maximum absolute atomic E-state index is 13.0. The molecule has 7 heteroatoms. The lowest BCUT2D eigenvalue weighted by molar-refractivity contribution is -0.118. The van der Waals surface area contributed by atoms with Gasteiger partial charge in [0.2, 0.25) is 0 Å². The molecule has 1 saturated heterocycles. The standard InChI is InChI=1S/C22H26N2O4S/c25-19(14-28-15-7-2-1-3-8-15)24-22-20(17-10-4-5-11-18(17)29-22)21(26)23-13-16-9-6-12-27-16/h1-3,7-8,16H,4-6,9-14H2,(H,23,26)(H,24,25)/t16-/m0/s1. The summed E-state index contributed by atoms with van der Waals surface area (Å²) < 4.78 is 11.1. The molecule has 1 atom stereocenters. The molecular weight excluding hydrogens is 388 g/mol. The third kappa shape index (κ3) is 4.97. The number of thiophene rings is 1. The lowest BCUT2D eigenvalue weighted by atomic mass is 9.95. The summed E-state index contributed by atoms with van der Waals surface area (Å²) in [7, 11) is 0. The molecule has 1 aliphatic carbocycles. The number of rotatable bonds is 7. The SMILES string of the molecule is O=C(COc1ccccc1)Nc1sc2c(c1C(=O)NC[C@@H]1CCCO1)CCCC2. The minimum atomic E-state index is -0.263. The van der Waals surface area contributed by atoms with Gasteiger partial charge in [-0.1, -0.05) is 18.2 Å². The normalized spacial score (nSPS) is 18.1. The van der Waals surface area contributed by atoms with Gasteiger partial charge in [-0.15, -0.1) is 11.3 Å². The summed E-state index contributed by atoms with van der Waals surface area (Å²) in [5, 5.41) is 6.55. The molecule has 4 rings (SSSR count). The molecule has 1 aliphatic heterocycles. The van der Waals surface area contributed by atoms with Crippen LogP contribution in [0.1, 0.15) is 46.5 Å². The molecule has 1 fully saturated rings. The number of anilines is 1. The number of hydrogen-bond acceptors (Lipinski definition) is 5. The Morgan fingerprint density at radius 2 is 1.97 bits per heavy atom. The Labute approximate surface area is 174 Å². The summed E-state index contributed by atoms with van der Waals surface area (Å²) in [5.74, 6) is 0.252. The van der Waals surface area contributed by atoms with Crippen LogP contribution < -0.4 is 15.4 Å².